The molecular weight excluding hydrogens is 577 g/mol. The molecule has 1 aliphatic rings. The van der Waals surface area contributed by atoms with Gasteiger partial charge in [0.05, 0.1) is 13.5 Å². The average molecular weight is 618 g/mol. The Hall–Kier alpha value is -4.73. The monoisotopic (exact) mass is 617 g/mol. The van der Waals surface area contributed by atoms with Crippen LogP contribution in [0.3, 0.4) is 0 Å². The fourth-order valence-electron chi connectivity index (χ4n) is 5.25. The Bertz CT molecular complexity index is 1520. The van der Waals surface area contributed by atoms with E-state index in [-0.39, 0.29) is 50.1 Å². The van der Waals surface area contributed by atoms with Gasteiger partial charge in [-0.15, -0.1) is 0 Å². The molecule has 0 radical (unpaired) electrons. The molecule has 9 nitrogen and oxygen atoms in total. The van der Waals surface area contributed by atoms with Crippen LogP contribution >= 0.6 is 0 Å². The first-order chi connectivity index (χ1) is 21.4. The minimum Gasteiger partial charge on any atom is -0.469 e. The highest BCUT2D eigenvalue weighted by molar-refractivity contribution is 5.89. The summed E-state index contributed by atoms with van der Waals surface area (Å²) < 4.78 is 24.7. The molecule has 2 N–H and O–H groups in total. The van der Waals surface area contributed by atoms with Crippen molar-refractivity contribution >= 4 is 23.9 Å². The van der Waals surface area contributed by atoms with Gasteiger partial charge in [-0.05, 0) is 61.1 Å². The Morgan fingerprint density at radius 1 is 0.933 bits per heavy atom. The molecule has 1 aliphatic heterocycles. The summed E-state index contributed by atoms with van der Waals surface area (Å²) in [7, 11) is 1.34. The van der Waals surface area contributed by atoms with Crippen molar-refractivity contribution in [2.75, 3.05) is 7.11 Å². The van der Waals surface area contributed by atoms with E-state index in [0.717, 1.165) is 22.3 Å². The largest absolute Gasteiger partial charge is 0.469 e. The van der Waals surface area contributed by atoms with E-state index in [1.165, 1.54) is 18.1 Å². The first kappa shape index (κ1) is 33.2. The van der Waals surface area contributed by atoms with Crippen LogP contribution in [0, 0.1) is 5.82 Å². The van der Waals surface area contributed by atoms with Crippen molar-refractivity contribution in [3.63, 3.8) is 0 Å². The highest BCUT2D eigenvalue weighted by Gasteiger charge is 2.36. The smallest absolute Gasteiger partial charge is 0.407 e. The Morgan fingerprint density at radius 2 is 1.58 bits per heavy atom. The van der Waals surface area contributed by atoms with E-state index >= 15 is 0 Å². The number of esters is 1. The maximum atomic E-state index is 14.6. The Morgan fingerprint density at radius 3 is 2.24 bits per heavy atom. The summed E-state index contributed by atoms with van der Waals surface area (Å²) >= 11 is 0. The molecule has 0 bridgehead atoms. The molecule has 3 aromatic carbocycles. The van der Waals surface area contributed by atoms with Gasteiger partial charge >= 0.3 is 12.1 Å². The van der Waals surface area contributed by atoms with Crippen LogP contribution in [-0.4, -0.2) is 53.6 Å². The van der Waals surface area contributed by atoms with Crippen LogP contribution in [0.5, 0.6) is 0 Å². The van der Waals surface area contributed by atoms with Crippen LogP contribution in [0.1, 0.15) is 55.0 Å². The van der Waals surface area contributed by atoms with Crippen molar-refractivity contribution in [3.8, 4) is 0 Å². The zero-order valence-electron chi connectivity index (χ0n) is 26.1. The fraction of sp³-hybridized carbons (Fsp3) is 0.371. The molecule has 0 aromatic heterocycles. The first-order valence-electron chi connectivity index (χ1n) is 14.9. The van der Waals surface area contributed by atoms with Crippen molar-refractivity contribution in [2.24, 2.45) is 0 Å². The number of halogens is 1. The van der Waals surface area contributed by atoms with Crippen molar-refractivity contribution in [3.05, 3.63) is 106 Å². The molecule has 0 spiro atoms. The summed E-state index contributed by atoms with van der Waals surface area (Å²) in [5.74, 6) is -1.45. The number of benzene rings is 3. The van der Waals surface area contributed by atoms with Crippen LogP contribution in [0.15, 0.2) is 72.8 Å². The SMILES string of the molecule is COC(=O)Cc1ccc(CNC(=O)[C@@H]2Cc3ccccc3CN2C(=O)C[C@@H](Cc2ccccc2F)NC(=O)OC(C)(C)C)cc1. The second kappa shape index (κ2) is 14.8. The van der Waals surface area contributed by atoms with E-state index in [2.05, 4.69) is 10.6 Å². The molecule has 0 fully saturated rings. The number of nitrogens with zero attached hydrogens (tertiary/aromatic N) is 1. The van der Waals surface area contributed by atoms with Crippen LogP contribution < -0.4 is 10.6 Å². The predicted octanol–water partition coefficient (Wildman–Crippen LogP) is 4.64. The second-order valence-electron chi connectivity index (χ2n) is 12.1. The minimum absolute atomic E-state index is 0.0604. The molecular formula is C35H40FN3O6. The van der Waals surface area contributed by atoms with Crippen molar-refractivity contribution in [2.45, 2.75) is 77.2 Å². The molecule has 4 rings (SSSR count). The van der Waals surface area contributed by atoms with Crippen LogP contribution in [0.2, 0.25) is 0 Å². The topological polar surface area (TPSA) is 114 Å². The molecule has 0 aliphatic carbocycles. The standard InChI is InChI=1S/C35H40FN3O6/c1-35(2,3)45-34(43)38-28(18-26-10-7-8-12-29(26)36)20-31(40)39-22-27-11-6-5-9-25(27)19-30(39)33(42)37-21-24-15-13-23(14-16-24)17-32(41)44-4/h5-16,28,30H,17-22H2,1-4H3,(H,37,42)(H,38,43)/t28-,30+/m1/s1. The lowest BCUT2D eigenvalue weighted by Crippen LogP contribution is -2.53. The highest BCUT2D eigenvalue weighted by atomic mass is 19.1. The van der Waals surface area contributed by atoms with Crippen LogP contribution in [0.25, 0.3) is 0 Å². The molecule has 3 amide bonds. The molecule has 0 saturated carbocycles. The van der Waals surface area contributed by atoms with Gasteiger partial charge in [-0.25, -0.2) is 9.18 Å². The van der Waals surface area contributed by atoms with Gasteiger partial charge in [0.2, 0.25) is 11.8 Å². The normalized spacial score (nSPS) is 15.0. The van der Waals surface area contributed by atoms with E-state index in [0.29, 0.717) is 12.0 Å². The number of nitrogens with one attached hydrogen (secondary N) is 2. The zero-order chi connectivity index (χ0) is 32.6. The minimum atomic E-state index is -0.790. The maximum Gasteiger partial charge on any atom is 0.407 e. The summed E-state index contributed by atoms with van der Waals surface area (Å²) in [5.41, 5.74) is 3.12. The van der Waals surface area contributed by atoms with Gasteiger partial charge in [-0.2, -0.15) is 0 Å². The predicted molar refractivity (Wildman–Crippen MR) is 166 cm³/mol. The third-order valence-corrected chi connectivity index (χ3v) is 7.50. The van der Waals surface area contributed by atoms with Crippen molar-refractivity contribution in [1.82, 2.24) is 15.5 Å². The number of methoxy groups -OCH3 is 1. The number of hydrogen-bond acceptors (Lipinski definition) is 6. The lowest BCUT2D eigenvalue weighted by Gasteiger charge is -2.37. The summed E-state index contributed by atoms with van der Waals surface area (Å²) in [6, 6.07) is 19.6. The molecule has 0 saturated heterocycles. The Balaban J connectivity index is 1.51. The zero-order valence-corrected chi connectivity index (χ0v) is 26.1. The van der Waals surface area contributed by atoms with Crippen LogP contribution in [-0.2, 0) is 56.2 Å². The molecule has 0 unspecified atom stereocenters. The maximum absolute atomic E-state index is 14.6. The molecule has 45 heavy (non-hydrogen) atoms. The lowest BCUT2D eigenvalue weighted by molar-refractivity contribution is -0.142. The Kier molecular flexibility index (Phi) is 10.9. The molecule has 238 valence electrons. The summed E-state index contributed by atoms with van der Waals surface area (Å²) in [6.45, 7) is 5.64. The number of alkyl carbamates (subject to hydrolysis) is 1. The van der Waals surface area contributed by atoms with Crippen molar-refractivity contribution in [1.29, 1.82) is 0 Å². The van der Waals surface area contributed by atoms with E-state index in [1.807, 2.05) is 36.4 Å². The third-order valence-electron chi connectivity index (χ3n) is 7.50. The van der Waals surface area contributed by atoms with Gasteiger partial charge in [-0.1, -0.05) is 66.7 Å². The first-order valence-corrected chi connectivity index (χ1v) is 14.9. The average Bonchev–Trinajstić information content (AvgIpc) is 2.99. The number of carbonyl (C=O) groups excluding carboxylic acids is 4. The molecule has 1 heterocycles. The molecule has 10 heteroatoms. The highest BCUT2D eigenvalue weighted by Crippen LogP contribution is 2.25. The number of rotatable bonds is 10. The van der Waals surface area contributed by atoms with Gasteiger partial charge < -0.3 is 25.0 Å². The Labute approximate surface area is 263 Å². The van der Waals surface area contributed by atoms with E-state index in [4.69, 9.17) is 9.47 Å². The van der Waals surface area contributed by atoms with E-state index < -0.39 is 29.6 Å². The van der Waals surface area contributed by atoms with Gasteiger partial charge in [0.1, 0.15) is 17.5 Å². The second-order valence-corrected chi connectivity index (χ2v) is 12.1. The van der Waals surface area contributed by atoms with Gasteiger partial charge in [-0.3, -0.25) is 14.4 Å². The van der Waals surface area contributed by atoms with Gasteiger partial charge in [0, 0.05) is 32.0 Å². The van der Waals surface area contributed by atoms with Crippen LogP contribution in [0.4, 0.5) is 9.18 Å². The number of fused-ring (bicyclic) bond motifs is 1. The van der Waals surface area contributed by atoms with Gasteiger partial charge in [0.25, 0.3) is 0 Å². The summed E-state index contributed by atoms with van der Waals surface area (Å²) in [6.07, 6.45) is -0.342. The van der Waals surface area contributed by atoms with E-state index in [9.17, 15) is 23.6 Å². The molecule has 2 atom stereocenters. The number of ether oxygens (including phenoxy) is 2. The summed E-state index contributed by atoms with van der Waals surface area (Å²) in [4.78, 5) is 53.3. The quantitative estimate of drug-likeness (QED) is 0.321. The lowest BCUT2D eigenvalue weighted by atomic mass is 9.92. The fourth-order valence-corrected chi connectivity index (χ4v) is 5.25. The number of amides is 3. The van der Waals surface area contributed by atoms with Gasteiger partial charge in [0.15, 0.2) is 0 Å². The summed E-state index contributed by atoms with van der Waals surface area (Å²) in [5, 5.41) is 5.69. The molecule has 3 aromatic rings. The van der Waals surface area contributed by atoms with E-state index in [1.54, 1.807) is 51.1 Å². The number of carbonyl (C=O) groups is 4. The third kappa shape index (κ3) is 9.63. The van der Waals surface area contributed by atoms with Crippen molar-refractivity contribution < 1.29 is 33.0 Å². The number of hydrogen-bond donors (Lipinski definition) is 2.